The van der Waals surface area contributed by atoms with E-state index >= 15 is 0 Å². The molecule has 1 amide bonds. The molecule has 5 heteroatoms. The second kappa shape index (κ2) is 9.55. The summed E-state index contributed by atoms with van der Waals surface area (Å²) in [5, 5.41) is 2.96. The summed E-state index contributed by atoms with van der Waals surface area (Å²) in [6.07, 6.45) is 10.9. The Labute approximate surface area is 116 Å². The van der Waals surface area contributed by atoms with E-state index in [1.54, 1.807) is 0 Å². The van der Waals surface area contributed by atoms with Crippen molar-refractivity contribution in [1.29, 1.82) is 0 Å². The highest BCUT2D eigenvalue weighted by Gasteiger charge is 2.00. The summed E-state index contributed by atoms with van der Waals surface area (Å²) < 4.78 is 2.10. The lowest BCUT2D eigenvalue weighted by Gasteiger charge is -2.09. The predicted octanol–water partition coefficient (Wildman–Crippen LogP) is 1.51. The molecule has 1 aromatic heterocycles. The Balaban J connectivity index is 1.87. The molecule has 5 nitrogen and oxygen atoms in total. The monoisotopic (exact) mass is 266 g/mol. The zero-order chi connectivity index (χ0) is 13.9. The molecular formula is C14H26N4O. The summed E-state index contributed by atoms with van der Waals surface area (Å²) in [5.41, 5.74) is 0. The highest BCUT2D eigenvalue weighted by atomic mass is 16.1. The molecule has 1 heterocycles. The fraction of sp³-hybridized carbons (Fsp3) is 0.714. The van der Waals surface area contributed by atoms with E-state index in [2.05, 4.69) is 14.9 Å². The van der Waals surface area contributed by atoms with E-state index in [0.29, 0.717) is 6.42 Å². The zero-order valence-electron chi connectivity index (χ0n) is 12.1. The molecule has 108 valence electrons. The quantitative estimate of drug-likeness (QED) is 0.653. The minimum absolute atomic E-state index is 0.159. The van der Waals surface area contributed by atoms with Crippen LogP contribution < -0.4 is 5.32 Å². The lowest BCUT2D eigenvalue weighted by atomic mass is 10.2. The normalized spacial score (nSPS) is 10.9. The summed E-state index contributed by atoms with van der Waals surface area (Å²) in [4.78, 5) is 17.5. The average Bonchev–Trinajstić information content (AvgIpc) is 2.88. The minimum atomic E-state index is 0.159. The van der Waals surface area contributed by atoms with Crippen LogP contribution in [-0.4, -0.2) is 47.5 Å². The molecule has 0 spiro atoms. The van der Waals surface area contributed by atoms with Gasteiger partial charge in [-0.15, -0.1) is 0 Å². The van der Waals surface area contributed by atoms with Crippen molar-refractivity contribution in [2.45, 2.75) is 38.6 Å². The van der Waals surface area contributed by atoms with Gasteiger partial charge in [-0.1, -0.05) is 12.8 Å². The van der Waals surface area contributed by atoms with Gasteiger partial charge in [-0.05, 0) is 26.9 Å². The number of carbonyl (C=O) groups excluding carboxylic acids is 1. The molecule has 0 aliphatic carbocycles. The molecule has 1 aromatic rings. The number of nitrogens with zero attached hydrogens (tertiary/aromatic N) is 3. The summed E-state index contributed by atoms with van der Waals surface area (Å²) in [6.45, 7) is 2.66. The van der Waals surface area contributed by atoms with Gasteiger partial charge in [0.1, 0.15) is 0 Å². The molecule has 0 aliphatic heterocycles. The highest BCUT2D eigenvalue weighted by Crippen LogP contribution is 2.01. The summed E-state index contributed by atoms with van der Waals surface area (Å²) in [6, 6.07) is 0. The molecule has 19 heavy (non-hydrogen) atoms. The van der Waals surface area contributed by atoms with Crippen molar-refractivity contribution in [3.63, 3.8) is 0 Å². The van der Waals surface area contributed by atoms with Crippen LogP contribution in [0.1, 0.15) is 32.1 Å². The van der Waals surface area contributed by atoms with Crippen molar-refractivity contribution < 1.29 is 4.79 Å². The molecule has 0 saturated heterocycles. The Hall–Kier alpha value is -1.36. The van der Waals surface area contributed by atoms with Gasteiger partial charge in [0.15, 0.2) is 0 Å². The molecule has 0 fully saturated rings. The van der Waals surface area contributed by atoms with E-state index in [0.717, 1.165) is 26.1 Å². The molecule has 0 radical (unpaired) electrons. The third kappa shape index (κ3) is 8.37. The van der Waals surface area contributed by atoms with E-state index < -0.39 is 0 Å². The van der Waals surface area contributed by atoms with Crippen LogP contribution in [0, 0.1) is 0 Å². The Kier molecular flexibility index (Phi) is 7.89. The molecule has 0 bridgehead atoms. The maximum atomic E-state index is 11.4. The van der Waals surface area contributed by atoms with Gasteiger partial charge in [0.05, 0.1) is 6.33 Å². The van der Waals surface area contributed by atoms with Crippen LogP contribution in [0.2, 0.25) is 0 Å². The number of aromatic nitrogens is 2. The van der Waals surface area contributed by atoms with Gasteiger partial charge < -0.3 is 14.8 Å². The molecule has 0 aliphatic rings. The number of carbonyl (C=O) groups is 1. The van der Waals surface area contributed by atoms with Gasteiger partial charge >= 0.3 is 0 Å². The number of amides is 1. The number of nitrogens with one attached hydrogen (secondary N) is 1. The first-order valence-corrected chi connectivity index (χ1v) is 7.05. The van der Waals surface area contributed by atoms with Crippen molar-refractivity contribution >= 4 is 5.91 Å². The lowest BCUT2D eigenvalue weighted by Crippen LogP contribution is -2.28. The largest absolute Gasteiger partial charge is 0.356 e. The van der Waals surface area contributed by atoms with E-state index in [-0.39, 0.29) is 5.91 Å². The first kappa shape index (κ1) is 15.7. The van der Waals surface area contributed by atoms with Crippen LogP contribution in [0.5, 0.6) is 0 Å². The second-order valence-corrected chi connectivity index (χ2v) is 5.12. The summed E-state index contributed by atoms with van der Waals surface area (Å²) in [5.74, 6) is 0.159. The predicted molar refractivity (Wildman–Crippen MR) is 76.9 cm³/mol. The molecule has 0 aromatic carbocycles. The molecule has 0 atom stereocenters. The van der Waals surface area contributed by atoms with Crippen molar-refractivity contribution in [3.05, 3.63) is 18.7 Å². The van der Waals surface area contributed by atoms with Crippen LogP contribution >= 0.6 is 0 Å². The Morgan fingerprint density at radius 3 is 2.74 bits per heavy atom. The summed E-state index contributed by atoms with van der Waals surface area (Å²) in [7, 11) is 3.96. The first-order valence-electron chi connectivity index (χ1n) is 7.05. The standard InChI is InChI=1S/C14H26N4O/c1-17(2)11-7-14(19)16-8-5-3-4-6-10-18-12-9-15-13-18/h9,12-13H,3-8,10-11H2,1-2H3,(H,16,19). The van der Waals surface area contributed by atoms with Crippen molar-refractivity contribution in [3.8, 4) is 0 Å². The van der Waals surface area contributed by atoms with Crippen LogP contribution in [0.3, 0.4) is 0 Å². The SMILES string of the molecule is CN(C)CCC(=O)NCCCCCCn1ccnc1. The van der Waals surface area contributed by atoms with Crippen molar-refractivity contribution in [2.24, 2.45) is 0 Å². The second-order valence-electron chi connectivity index (χ2n) is 5.12. The van der Waals surface area contributed by atoms with Gasteiger partial charge in [0.25, 0.3) is 0 Å². The number of unbranched alkanes of at least 4 members (excludes halogenated alkanes) is 3. The Morgan fingerprint density at radius 2 is 2.05 bits per heavy atom. The third-order valence-electron chi connectivity index (χ3n) is 3.01. The van der Waals surface area contributed by atoms with Gasteiger partial charge in [-0.25, -0.2) is 4.98 Å². The number of aryl methyl sites for hydroxylation is 1. The van der Waals surface area contributed by atoms with Gasteiger partial charge in [-0.3, -0.25) is 4.79 Å². The van der Waals surface area contributed by atoms with E-state index in [1.807, 2.05) is 37.7 Å². The third-order valence-corrected chi connectivity index (χ3v) is 3.01. The summed E-state index contributed by atoms with van der Waals surface area (Å²) >= 11 is 0. The van der Waals surface area contributed by atoms with E-state index in [1.165, 1.54) is 19.3 Å². The molecular weight excluding hydrogens is 240 g/mol. The van der Waals surface area contributed by atoms with E-state index in [9.17, 15) is 4.79 Å². The topological polar surface area (TPSA) is 50.2 Å². The average molecular weight is 266 g/mol. The van der Waals surface area contributed by atoms with Crippen LogP contribution in [0.15, 0.2) is 18.7 Å². The molecule has 1 rings (SSSR count). The van der Waals surface area contributed by atoms with E-state index in [4.69, 9.17) is 0 Å². The van der Waals surface area contributed by atoms with Crippen LogP contribution in [-0.2, 0) is 11.3 Å². The number of rotatable bonds is 10. The fourth-order valence-electron chi connectivity index (χ4n) is 1.83. The Bertz CT molecular complexity index is 335. The maximum Gasteiger partial charge on any atom is 0.221 e. The van der Waals surface area contributed by atoms with Crippen LogP contribution in [0.4, 0.5) is 0 Å². The number of imidazole rings is 1. The maximum absolute atomic E-state index is 11.4. The zero-order valence-corrected chi connectivity index (χ0v) is 12.1. The first-order chi connectivity index (χ1) is 9.18. The lowest BCUT2D eigenvalue weighted by molar-refractivity contribution is -0.121. The van der Waals surface area contributed by atoms with Crippen LogP contribution in [0.25, 0.3) is 0 Å². The minimum Gasteiger partial charge on any atom is -0.356 e. The Morgan fingerprint density at radius 1 is 1.26 bits per heavy atom. The fourth-order valence-corrected chi connectivity index (χ4v) is 1.83. The number of hydrogen-bond acceptors (Lipinski definition) is 3. The van der Waals surface area contributed by atoms with Crippen molar-refractivity contribution in [1.82, 2.24) is 19.8 Å². The van der Waals surface area contributed by atoms with Gasteiger partial charge in [0, 0.05) is 38.4 Å². The van der Waals surface area contributed by atoms with Gasteiger partial charge in [0.2, 0.25) is 5.91 Å². The van der Waals surface area contributed by atoms with Gasteiger partial charge in [-0.2, -0.15) is 0 Å². The molecule has 0 saturated carbocycles. The highest BCUT2D eigenvalue weighted by molar-refractivity contribution is 5.75. The number of hydrogen-bond donors (Lipinski definition) is 1. The molecule has 1 N–H and O–H groups in total. The molecule has 0 unspecified atom stereocenters. The van der Waals surface area contributed by atoms with Crippen molar-refractivity contribution in [2.75, 3.05) is 27.2 Å². The smallest absolute Gasteiger partial charge is 0.221 e.